The van der Waals surface area contributed by atoms with E-state index in [1.807, 2.05) is 24.3 Å². The molecule has 0 aliphatic carbocycles. The zero-order valence-corrected chi connectivity index (χ0v) is 17.6. The van der Waals surface area contributed by atoms with Crippen molar-refractivity contribution >= 4 is 23.2 Å². The number of aliphatic hydroxyl groups excluding tert-OH is 1. The Morgan fingerprint density at radius 3 is 1.67 bits per heavy atom. The van der Waals surface area contributed by atoms with Crippen molar-refractivity contribution in [3.63, 3.8) is 0 Å². The summed E-state index contributed by atoms with van der Waals surface area (Å²) in [5, 5.41) is 9.48. The molecule has 1 N–H and O–H groups in total. The number of rotatable bonds is 10. The molecule has 5 heteroatoms. The van der Waals surface area contributed by atoms with Crippen LogP contribution in [0.3, 0.4) is 0 Å². The van der Waals surface area contributed by atoms with Crippen LogP contribution in [0.25, 0.3) is 0 Å². The van der Waals surface area contributed by atoms with Gasteiger partial charge in [0, 0.05) is 17.2 Å². The smallest absolute Gasteiger partial charge is 0.119 e. The molecule has 0 aliphatic heterocycles. The molecule has 148 valence electrons. The normalized spacial score (nSPS) is 13.9. The van der Waals surface area contributed by atoms with Gasteiger partial charge in [-0.25, -0.2) is 0 Å². The first-order valence-electron chi connectivity index (χ1n) is 9.13. The van der Waals surface area contributed by atoms with Gasteiger partial charge in [-0.1, -0.05) is 45.0 Å². The second-order valence-electron chi connectivity index (χ2n) is 7.36. The Labute approximate surface area is 172 Å². The van der Waals surface area contributed by atoms with E-state index in [1.54, 1.807) is 0 Å². The van der Waals surface area contributed by atoms with Crippen molar-refractivity contribution in [2.24, 2.45) is 5.92 Å². The van der Waals surface area contributed by atoms with E-state index in [0.717, 1.165) is 11.5 Å². The maximum atomic E-state index is 9.48. The molecule has 0 saturated heterocycles. The molecular formula is C22H28Cl2O3. The predicted octanol–water partition coefficient (Wildman–Crippen LogP) is 5.24. The average Bonchev–Trinajstić information content (AvgIpc) is 2.70. The van der Waals surface area contributed by atoms with Gasteiger partial charge < -0.3 is 14.6 Å². The van der Waals surface area contributed by atoms with Crippen molar-refractivity contribution in [3.8, 4) is 11.5 Å². The lowest BCUT2D eigenvalue weighted by Gasteiger charge is -2.26. The summed E-state index contributed by atoms with van der Waals surface area (Å²) >= 11 is 11.4. The van der Waals surface area contributed by atoms with E-state index in [4.69, 9.17) is 32.7 Å². The summed E-state index contributed by atoms with van der Waals surface area (Å²) in [5.74, 6) is 2.66. The molecule has 2 aromatic rings. The third kappa shape index (κ3) is 6.31. The Bertz CT molecular complexity index is 624. The first kappa shape index (κ1) is 21.9. The number of halogens is 2. The van der Waals surface area contributed by atoms with Crippen LogP contribution in [-0.4, -0.2) is 36.2 Å². The monoisotopic (exact) mass is 410 g/mol. The van der Waals surface area contributed by atoms with Gasteiger partial charge in [-0.2, -0.15) is 0 Å². The molecule has 0 spiro atoms. The summed E-state index contributed by atoms with van der Waals surface area (Å²) in [6.45, 7) is 7.24. The third-order valence-corrected chi connectivity index (χ3v) is 5.45. The zero-order chi connectivity index (χ0) is 19.9. The predicted molar refractivity (Wildman–Crippen MR) is 113 cm³/mol. The van der Waals surface area contributed by atoms with E-state index in [0.29, 0.717) is 18.4 Å². The lowest BCUT2D eigenvalue weighted by molar-refractivity contribution is 0.125. The second kappa shape index (κ2) is 10.2. The van der Waals surface area contributed by atoms with E-state index in [2.05, 4.69) is 45.0 Å². The van der Waals surface area contributed by atoms with Crippen LogP contribution in [0.15, 0.2) is 48.5 Å². The van der Waals surface area contributed by atoms with Gasteiger partial charge in [-0.05, 0) is 35.4 Å². The van der Waals surface area contributed by atoms with Crippen LogP contribution in [0.1, 0.15) is 31.9 Å². The molecule has 0 saturated carbocycles. The van der Waals surface area contributed by atoms with Gasteiger partial charge in [0.2, 0.25) is 0 Å². The Morgan fingerprint density at radius 1 is 0.815 bits per heavy atom. The van der Waals surface area contributed by atoms with Crippen LogP contribution in [0.2, 0.25) is 0 Å². The van der Waals surface area contributed by atoms with Crippen molar-refractivity contribution in [1.29, 1.82) is 0 Å². The lowest BCUT2D eigenvalue weighted by Crippen LogP contribution is -2.20. The lowest BCUT2D eigenvalue weighted by atomic mass is 9.78. The van der Waals surface area contributed by atoms with Crippen LogP contribution in [0, 0.1) is 5.92 Å². The minimum Gasteiger partial charge on any atom is -0.493 e. The molecule has 27 heavy (non-hydrogen) atoms. The van der Waals surface area contributed by atoms with Crippen LogP contribution >= 0.6 is 23.2 Å². The summed E-state index contributed by atoms with van der Waals surface area (Å²) in [5.41, 5.74) is 2.22. The van der Waals surface area contributed by atoms with E-state index in [-0.39, 0.29) is 17.9 Å². The summed E-state index contributed by atoms with van der Waals surface area (Å²) in [7, 11) is 0. The van der Waals surface area contributed by atoms with E-state index in [9.17, 15) is 5.11 Å². The molecule has 3 nitrogen and oxygen atoms in total. The van der Waals surface area contributed by atoms with Crippen LogP contribution < -0.4 is 9.47 Å². The number of benzene rings is 2. The van der Waals surface area contributed by atoms with Gasteiger partial charge in [0.1, 0.15) is 24.2 Å². The van der Waals surface area contributed by atoms with Crippen molar-refractivity contribution in [2.75, 3.05) is 25.0 Å². The molecule has 2 rings (SSSR count). The van der Waals surface area contributed by atoms with Crippen molar-refractivity contribution in [2.45, 2.75) is 32.3 Å². The molecule has 2 aromatic carbocycles. The summed E-state index contributed by atoms with van der Waals surface area (Å²) in [6.07, 6.45) is -0.657. The van der Waals surface area contributed by atoms with Crippen molar-refractivity contribution in [1.82, 2.24) is 0 Å². The Kier molecular flexibility index (Phi) is 8.28. The number of ether oxygens (including phenoxy) is 2. The first-order chi connectivity index (χ1) is 12.9. The summed E-state index contributed by atoms with van der Waals surface area (Å²) in [4.78, 5) is 0. The standard InChI is InChI=1S/C22H28Cl2O3/c1-16(12-23)14-26-20-8-4-17(5-9-20)22(2,3)18-6-10-21(11-7-18)27-15-19(25)13-24/h4-11,16,19,25H,12-15H2,1-3H3. The molecule has 0 aromatic heterocycles. The van der Waals surface area contributed by atoms with E-state index >= 15 is 0 Å². The molecule has 0 bridgehead atoms. The van der Waals surface area contributed by atoms with Gasteiger partial charge in [0.15, 0.2) is 0 Å². The van der Waals surface area contributed by atoms with Gasteiger partial charge >= 0.3 is 0 Å². The maximum absolute atomic E-state index is 9.48. The highest BCUT2D eigenvalue weighted by atomic mass is 35.5. The van der Waals surface area contributed by atoms with Crippen molar-refractivity contribution < 1.29 is 14.6 Å². The second-order valence-corrected chi connectivity index (χ2v) is 7.98. The molecular weight excluding hydrogens is 383 g/mol. The number of hydrogen-bond donors (Lipinski definition) is 1. The van der Waals surface area contributed by atoms with Crippen LogP contribution in [-0.2, 0) is 5.41 Å². The van der Waals surface area contributed by atoms with Crippen molar-refractivity contribution in [3.05, 3.63) is 59.7 Å². The van der Waals surface area contributed by atoms with Gasteiger partial charge in [0.25, 0.3) is 0 Å². The van der Waals surface area contributed by atoms with E-state index < -0.39 is 6.10 Å². The highest BCUT2D eigenvalue weighted by Gasteiger charge is 2.23. The highest BCUT2D eigenvalue weighted by Crippen LogP contribution is 2.33. The summed E-state index contributed by atoms with van der Waals surface area (Å²) in [6, 6.07) is 16.1. The number of alkyl halides is 2. The highest BCUT2D eigenvalue weighted by molar-refractivity contribution is 6.18. The molecule has 2 unspecified atom stereocenters. The molecule has 0 amide bonds. The minimum absolute atomic E-state index is 0.157. The SMILES string of the molecule is CC(CCl)COc1ccc(C(C)(C)c2ccc(OCC(O)CCl)cc2)cc1. The zero-order valence-electron chi connectivity index (χ0n) is 16.1. The summed E-state index contributed by atoms with van der Waals surface area (Å²) < 4.78 is 11.3. The Balaban J connectivity index is 2.04. The largest absolute Gasteiger partial charge is 0.493 e. The maximum Gasteiger partial charge on any atom is 0.119 e. The number of aliphatic hydroxyl groups is 1. The third-order valence-electron chi connectivity index (χ3n) is 4.57. The number of hydrogen-bond acceptors (Lipinski definition) is 3. The van der Waals surface area contributed by atoms with Gasteiger partial charge in [-0.3, -0.25) is 0 Å². The van der Waals surface area contributed by atoms with E-state index in [1.165, 1.54) is 11.1 Å². The quantitative estimate of drug-likeness (QED) is 0.543. The van der Waals surface area contributed by atoms with Gasteiger partial charge in [-0.15, -0.1) is 23.2 Å². The molecule has 0 radical (unpaired) electrons. The molecule has 0 heterocycles. The fourth-order valence-corrected chi connectivity index (χ4v) is 2.80. The average molecular weight is 411 g/mol. The first-order valence-corrected chi connectivity index (χ1v) is 10.2. The molecule has 2 atom stereocenters. The fraction of sp³-hybridized carbons (Fsp3) is 0.455. The van der Waals surface area contributed by atoms with Crippen LogP contribution in [0.4, 0.5) is 0 Å². The topological polar surface area (TPSA) is 38.7 Å². The fourth-order valence-electron chi connectivity index (χ4n) is 2.62. The minimum atomic E-state index is -0.657. The Hall–Kier alpha value is -1.42. The Morgan fingerprint density at radius 2 is 1.26 bits per heavy atom. The van der Waals surface area contributed by atoms with Crippen LogP contribution in [0.5, 0.6) is 11.5 Å². The molecule has 0 fully saturated rings. The molecule has 0 aliphatic rings. The van der Waals surface area contributed by atoms with Gasteiger partial charge in [0.05, 0.1) is 12.5 Å².